The summed E-state index contributed by atoms with van der Waals surface area (Å²) >= 11 is 0. The summed E-state index contributed by atoms with van der Waals surface area (Å²) in [7, 11) is 1.85. The molecule has 0 bridgehead atoms. The molecular weight excluding hydrogens is 242 g/mol. The van der Waals surface area contributed by atoms with Crippen LogP contribution in [0.25, 0.3) is 0 Å². The monoisotopic (exact) mass is 261 g/mol. The van der Waals surface area contributed by atoms with E-state index < -0.39 is 0 Å². The minimum Gasteiger partial charge on any atom is -0.323 e. The Morgan fingerprint density at radius 1 is 1.37 bits per heavy atom. The van der Waals surface area contributed by atoms with Crippen LogP contribution in [0.1, 0.15) is 23.5 Å². The minimum atomic E-state index is -0.0244. The fraction of sp³-hybridized carbons (Fsp3) is 0.462. The summed E-state index contributed by atoms with van der Waals surface area (Å²) in [5, 5.41) is 11.3. The normalized spacial score (nSPS) is 10.7. The summed E-state index contributed by atoms with van der Waals surface area (Å²) in [6.45, 7) is 6.44. The van der Waals surface area contributed by atoms with E-state index in [1.165, 1.54) is 0 Å². The van der Waals surface area contributed by atoms with E-state index in [1.807, 2.05) is 38.6 Å². The van der Waals surface area contributed by atoms with Gasteiger partial charge in [-0.15, -0.1) is 0 Å². The minimum absolute atomic E-state index is 0.0244. The Morgan fingerprint density at radius 2 is 2.11 bits per heavy atom. The molecule has 0 aliphatic carbocycles. The Balaban J connectivity index is 1.92. The van der Waals surface area contributed by atoms with Gasteiger partial charge < -0.3 is 5.32 Å². The van der Waals surface area contributed by atoms with Crippen LogP contribution in [0, 0.1) is 20.8 Å². The quantitative estimate of drug-likeness (QED) is 0.908. The van der Waals surface area contributed by atoms with Gasteiger partial charge in [0.2, 0.25) is 5.91 Å². The molecule has 0 radical (unpaired) electrons. The number of amides is 1. The molecule has 2 heterocycles. The van der Waals surface area contributed by atoms with Crippen LogP contribution in [-0.2, 0) is 18.4 Å². The highest BCUT2D eigenvalue weighted by molar-refractivity contribution is 5.91. The van der Waals surface area contributed by atoms with Gasteiger partial charge in [-0.05, 0) is 26.8 Å². The smallest absolute Gasteiger partial charge is 0.226 e. The maximum atomic E-state index is 11.9. The molecule has 2 rings (SSSR count). The van der Waals surface area contributed by atoms with E-state index in [0.717, 1.165) is 22.8 Å². The summed E-state index contributed by atoms with van der Waals surface area (Å²) in [6.07, 6.45) is 2.06. The average Bonchev–Trinajstić information content (AvgIpc) is 2.83. The number of anilines is 1. The first-order valence-electron chi connectivity index (χ1n) is 6.27. The van der Waals surface area contributed by atoms with Crippen LogP contribution in [0.4, 0.5) is 5.69 Å². The van der Waals surface area contributed by atoms with E-state index in [9.17, 15) is 4.79 Å². The molecule has 19 heavy (non-hydrogen) atoms. The fourth-order valence-electron chi connectivity index (χ4n) is 1.94. The van der Waals surface area contributed by atoms with Crippen molar-refractivity contribution in [1.82, 2.24) is 19.6 Å². The molecule has 0 saturated heterocycles. The first-order valence-corrected chi connectivity index (χ1v) is 6.27. The fourth-order valence-corrected chi connectivity index (χ4v) is 1.94. The number of aromatic nitrogens is 4. The third-order valence-electron chi connectivity index (χ3n) is 3.16. The first-order chi connectivity index (χ1) is 8.97. The molecule has 0 aliphatic heterocycles. The van der Waals surface area contributed by atoms with Crippen molar-refractivity contribution in [2.75, 3.05) is 5.32 Å². The van der Waals surface area contributed by atoms with Gasteiger partial charge in [0.1, 0.15) is 0 Å². The highest BCUT2D eigenvalue weighted by Crippen LogP contribution is 2.12. The van der Waals surface area contributed by atoms with Gasteiger partial charge >= 0.3 is 0 Å². The van der Waals surface area contributed by atoms with Gasteiger partial charge in [-0.3, -0.25) is 14.2 Å². The zero-order valence-electron chi connectivity index (χ0n) is 11.8. The largest absolute Gasteiger partial charge is 0.323 e. The van der Waals surface area contributed by atoms with E-state index >= 15 is 0 Å². The third kappa shape index (κ3) is 3.01. The average molecular weight is 261 g/mol. The molecule has 0 aliphatic rings. The number of nitrogens with zero attached hydrogens (tertiary/aromatic N) is 4. The highest BCUT2D eigenvalue weighted by atomic mass is 16.1. The molecule has 102 valence electrons. The van der Waals surface area contributed by atoms with Crippen molar-refractivity contribution in [2.24, 2.45) is 7.05 Å². The van der Waals surface area contributed by atoms with Crippen LogP contribution in [0.15, 0.2) is 12.3 Å². The summed E-state index contributed by atoms with van der Waals surface area (Å²) in [5.41, 5.74) is 3.75. The molecule has 0 atom stereocenters. The lowest BCUT2D eigenvalue weighted by molar-refractivity contribution is -0.116. The SMILES string of the molecule is Cc1cc(C)n(CCC(=O)Nc2cnn(C)c2C)n1. The second kappa shape index (κ2) is 5.26. The summed E-state index contributed by atoms with van der Waals surface area (Å²) in [4.78, 5) is 11.9. The van der Waals surface area contributed by atoms with Gasteiger partial charge in [0, 0.05) is 25.7 Å². The maximum absolute atomic E-state index is 11.9. The van der Waals surface area contributed by atoms with E-state index in [0.29, 0.717) is 13.0 Å². The van der Waals surface area contributed by atoms with Crippen LogP contribution >= 0.6 is 0 Å². The predicted octanol–water partition coefficient (Wildman–Crippen LogP) is 1.57. The van der Waals surface area contributed by atoms with E-state index in [1.54, 1.807) is 10.9 Å². The first kappa shape index (κ1) is 13.3. The Hall–Kier alpha value is -2.11. The lowest BCUT2D eigenvalue weighted by atomic mass is 10.3. The van der Waals surface area contributed by atoms with Crippen LogP contribution in [0.3, 0.4) is 0 Å². The molecule has 0 fully saturated rings. The van der Waals surface area contributed by atoms with Gasteiger partial charge in [-0.2, -0.15) is 10.2 Å². The molecule has 2 aromatic heterocycles. The summed E-state index contributed by atoms with van der Waals surface area (Å²) < 4.78 is 3.58. The van der Waals surface area contributed by atoms with Crippen LogP contribution in [-0.4, -0.2) is 25.5 Å². The standard InChI is InChI=1S/C13H19N5O/c1-9-7-10(2)18(16-9)6-5-13(19)15-12-8-14-17(4)11(12)3/h7-8H,5-6H2,1-4H3,(H,15,19). The third-order valence-corrected chi connectivity index (χ3v) is 3.16. The Bertz CT molecular complexity index is 596. The van der Waals surface area contributed by atoms with Crippen LogP contribution in [0.5, 0.6) is 0 Å². The van der Waals surface area contributed by atoms with Gasteiger partial charge in [0.25, 0.3) is 0 Å². The summed E-state index contributed by atoms with van der Waals surface area (Å²) in [5.74, 6) is -0.0244. The number of aryl methyl sites for hydroxylation is 4. The molecule has 1 amide bonds. The van der Waals surface area contributed by atoms with Crippen molar-refractivity contribution in [2.45, 2.75) is 33.7 Å². The molecule has 6 nitrogen and oxygen atoms in total. The number of carbonyl (C=O) groups is 1. The molecule has 1 N–H and O–H groups in total. The van der Waals surface area contributed by atoms with Gasteiger partial charge in [0.05, 0.1) is 23.3 Å². The number of carbonyl (C=O) groups excluding carboxylic acids is 1. The molecular formula is C13H19N5O. The van der Waals surface area contributed by atoms with Crippen LogP contribution in [0.2, 0.25) is 0 Å². The molecule has 0 aromatic carbocycles. The zero-order valence-corrected chi connectivity index (χ0v) is 11.8. The second-order valence-corrected chi connectivity index (χ2v) is 4.72. The number of nitrogens with one attached hydrogen (secondary N) is 1. The number of hydrogen-bond donors (Lipinski definition) is 1. The molecule has 6 heteroatoms. The molecule has 0 saturated carbocycles. The van der Waals surface area contributed by atoms with E-state index in [4.69, 9.17) is 0 Å². The lowest BCUT2D eigenvalue weighted by Gasteiger charge is -2.06. The number of rotatable bonds is 4. The molecule has 2 aromatic rings. The van der Waals surface area contributed by atoms with Gasteiger partial charge in [-0.1, -0.05) is 0 Å². The predicted molar refractivity (Wildman–Crippen MR) is 72.9 cm³/mol. The van der Waals surface area contributed by atoms with Gasteiger partial charge in [-0.25, -0.2) is 0 Å². The Labute approximate surface area is 112 Å². The highest BCUT2D eigenvalue weighted by Gasteiger charge is 2.09. The number of hydrogen-bond acceptors (Lipinski definition) is 3. The molecule has 0 spiro atoms. The summed E-state index contributed by atoms with van der Waals surface area (Å²) in [6, 6.07) is 2.00. The lowest BCUT2D eigenvalue weighted by Crippen LogP contribution is -2.16. The Morgan fingerprint density at radius 3 is 2.63 bits per heavy atom. The Kier molecular flexibility index (Phi) is 3.69. The maximum Gasteiger partial charge on any atom is 0.226 e. The van der Waals surface area contributed by atoms with Crippen LogP contribution < -0.4 is 5.32 Å². The zero-order chi connectivity index (χ0) is 14.0. The van der Waals surface area contributed by atoms with Crippen molar-refractivity contribution in [3.05, 3.63) is 29.3 Å². The van der Waals surface area contributed by atoms with Crippen molar-refractivity contribution in [3.63, 3.8) is 0 Å². The van der Waals surface area contributed by atoms with E-state index in [-0.39, 0.29) is 5.91 Å². The van der Waals surface area contributed by atoms with Crippen molar-refractivity contribution >= 4 is 11.6 Å². The van der Waals surface area contributed by atoms with E-state index in [2.05, 4.69) is 15.5 Å². The topological polar surface area (TPSA) is 64.7 Å². The van der Waals surface area contributed by atoms with Crippen molar-refractivity contribution in [1.29, 1.82) is 0 Å². The molecule has 0 unspecified atom stereocenters. The van der Waals surface area contributed by atoms with Crippen molar-refractivity contribution < 1.29 is 4.79 Å². The van der Waals surface area contributed by atoms with Gasteiger partial charge in [0.15, 0.2) is 0 Å². The second-order valence-electron chi connectivity index (χ2n) is 4.72. The van der Waals surface area contributed by atoms with Crippen molar-refractivity contribution in [3.8, 4) is 0 Å².